The normalized spacial score (nSPS) is 21.5. The van der Waals surface area contributed by atoms with Gasteiger partial charge in [-0.15, -0.1) is 6.58 Å². The van der Waals surface area contributed by atoms with Crippen LogP contribution >= 0.6 is 0 Å². The van der Waals surface area contributed by atoms with Gasteiger partial charge in [-0.25, -0.2) is 4.79 Å². The minimum atomic E-state index is -0.452. The van der Waals surface area contributed by atoms with Crippen LogP contribution in [0, 0.1) is 17.3 Å². The van der Waals surface area contributed by atoms with Crippen molar-refractivity contribution in [3.63, 3.8) is 0 Å². The number of rotatable bonds is 6. The molecular weight excluding hydrogens is 466 g/mol. The Hall–Kier alpha value is -3.67. The number of ether oxygens (including phenoxy) is 2. The Morgan fingerprint density at radius 3 is 2.46 bits per heavy atom. The average Bonchev–Trinajstić information content (AvgIpc) is 3.29. The van der Waals surface area contributed by atoms with Gasteiger partial charge in [-0.2, -0.15) is 0 Å². The quantitative estimate of drug-likeness (QED) is 0.357. The second-order valence-electron chi connectivity index (χ2n) is 10.4. The maximum atomic E-state index is 12.5. The van der Waals surface area contributed by atoms with Gasteiger partial charge in [0, 0.05) is 18.0 Å². The Kier molecular flexibility index (Phi) is 8.74. The molecule has 1 saturated carbocycles. The molecule has 3 atom stereocenters. The van der Waals surface area contributed by atoms with Crippen molar-refractivity contribution in [2.45, 2.75) is 53.6 Å². The molecule has 196 valence electrons. The van der Waals surface area contributed by atoms with Gasteiger partial charge in [0.05, 0.1) is 12.3 Å². The first-order chi connectivity index (χ1) is 17.5. The molecule has 3 unspecified atom stereocenters. The van der Waals surface area contributed by atoms with E-state index in [2.05, 4.69) is 31.8 Å². The summed E-state index contributed by atoms with van der Waals surface area (Å²) in [5.41, 5.74) is 2.80. The van der Waals surface area contributed by atoms with E-state index >= 15 is 0 Å². The van der Waals surface area contributed by atoms with Crippen molar-refractivity contribution in [1.29, 1.82) is 0 Å². The van der Waals surface area contributed by atoms with E-state index in [1.54, 1.807) is 12.1 Å². The van der Waals surface area contributed by atoms with E-state index < -0.39 is 12.2 Å². The smallest absolute Gasteiger partial charge is 0.412 e. The highest BCUT2D eigenvalue weighted by molar-refractivity contribution is 6.00. The first kappa shape index (κ1) is 27.9. The van der Waals surface area contributed by atoms with E-state index in [0.29, 0.717) is 12.2 Å². The number of esters is 1. The highest BCUT2D eigenvalue weighted by Crippen LogP contribution is 2.60. The van der Waals surface area contributed by atoms with Crippen LogP contribution in [0.1, 0.15) is 47.5 Å². The van der Waals surface area contributed by atoms with Crippen LogP contribution in [-0.2, 0) is 14.3 Å². The van der Waals surface area contributed by atoms with Gasteiger partial charge in [-0.05, 0) is 55.6 Å². The number of amides is 1. The predicted molar refractivity (Wildman–Crippen MR) is 146 cm³/mol. The second-order valence-corrected chi connectivity index (χ2v) is 10.4. The van der Waals surface area contributed by atoms with Crippen LogP contribution in [0.25, 0.3) is 10.8 Å². The van der Waals surface area contributed by atoms with Gasteiger partial charge < -0.3 is 14.8 Å². The van der Waals surface area contributed by atoms with Crippen LogP contribution in [0.5, 0.6) is 5.75 Å². The summed E-state index contributed by atoms with van der Waals surface area (Å²) in [6, 6.07) is 13.4. The standard InChI is InChI=1S/C19H26O3.C12H11NO2/c1-7-8-13-12(4)16(10-15(13)20)22-18(21)17-14(9-11(2)3)19(17,5)6;1-13-12(14)15-11-8-4-6-9-5-2-3-7-10(9)11/h7,9,14,16-17H,1,8,10H2,2-6H3;2-8H,1H3,(H,13,14). The van der Waals surface area contributed by atoms with Crippen molar-refractivity contribution >= 4 is 28.6 Å². The third-order valence-corrected chi connectivity index (χ3v) is 7.11. The Balaban J connectivity index is 0.000000220. The lowest BCUT2D eigenvalue weighted by atomic mass is 10.1. The number of fused-ring (bicyclic) bond motifs is 1. The van der Waals surface area contributed by atoms with E-state index in [9.17, 15) is 14.4 Å². The Morgan fingerprint density at radius 2 is 1.81 bits per heavy atom. The third kappa shape index (κ3) is 6.37. The molecule has 2 aliphatic carbocycles. The van der Waals surface area contributed by atoms with E-state index in [1.165, 1.54) is 12.6 Å². The SMILES string of the molecule is C=CCC1=C(C)C(OC(=O)C2C(C=C(C)C)C2(C)C)CC1=O.CNC(=O)Oc1cccc2ccccc12. The summed E-state index contributed by atoms with van der Waals surface area (Å²) in [7, 11) is 1.54. The molecule has 0 heterocycles. The molecule has 0 bridgehead atoms. The summed E-state index contributed by atoms with van der Waals surface area (Å²) >= 11 is 0. The van der Waals surface area contributed by atoms with Crippen LogP contribution in [0.15, 0.2) is 77.9 Å². The lowest BCUT2D eigenvalue weighted by Crippen LogP contribution is -2.22. The number of benzene rings is 2. The van der Waals surface area contributed by atoms with Gasteiger partial charge in [0.25, 0.3) is 0 Å². The highest BCUT2D eigenvalue weighted by Gasteiger charge is 2.61. The Bertz CT molecular complexity index is 1260. The fourth-order valence-corrected chi connectivity index (χ4v) is 4.86. The predicted octanol–water partition coefficient (Wildman–Crippen LogP) is 6.56. The molecule has 1 amide bonds. The molecule has 6 nitrogen and oxygen atoms in total. The number of hydrogen-bond donors (Lipinski definition) is 1. The van der Waals surface area contributed by atoms with Gasteiger partial charge in [-0.1, -0.05) is 68.0 Å². The van der Waals surface area contributed by atoms with Crippen LogP contribution in [0.2, 0.25) is 0 Å². The minimum absolute atomic E-state index is 0.0570. The first-order valence-corrected chi connectivity index (χ1v) is 12.6. The van der Waals surface area contributed by atoms with Gasteiger partial charge >= 0.3 is 12.1 Å². The number of allylic oxidation sites excluding steroid dienone is 4. The number of ketones is 1. The van der Waals surface area contributed by atoms with Crippen molar-refractivity contribution in [3.8, 4) is 5.75 Å². The fourth-order valence-electron chi connectivity index (χ4n) is 4.86. The number of carbonyl (C=O) groups is 3. The lowest BCUT2D eigenvalue weighted by Gasteiger charge is -2.13. The van der Waals surface area contributed by atoms with Crippen molar-refractivity contribution in [3.05, 3.63) is 77.9 Å². The average molecular weight is 504 g/mol. The monoisotopic (exact) mass is 503 g/mol. The molecule has 4 rings (SSSR count). The van der Waals surface area contributed by atoms with Crippen LogP contribution in [-0.4, -0.2) is 31.0 Å². The molecule has 6 heteroatoms. The number of carbonyl (C=O) groups excluding carboxylic acids is 3. The van der Waals surface area contributed by atoms with Crippen molar-refractivity contribution < 1.29 is 23.9 Å². The Labute approximate surface area is 219 Å². The summed E-state index contributed by atoms with van der Waals surface area (Å²) in [4.78, 5) is 35.6. The van der Waals surface area contributed by atoms with E-state index in [-0.39, 0.29) is 35.4 Å². The molecule has 0 spiro atoms. The molecule has 0 aromatic heterocycles. The molecule has 1 N–H and O–H groups in total. The van der Waals surface area contributed by atoms with Crippen LogP contribution in [0.3, 0.4) is 0 Å². The highest BCUT2D eigenvalue weighted by atomic mass is 16.6. The van der Waals surface area contributed by atoms with Gasteiger partial charge in [-0.3, -0.25) is 9.59 Å². The summed E-state index contributed by atoms with van der Waals surface area (Å²) in [5, 5.41) is 4.41. The largest absolute Gasteiger partial charge is 0.457 e. The van der Waals surface area contributed by atoms with Crippen molar-refractivity contribution in [1.82, 2.24) is 5.32 Å². The van der Waals surface area contributed by atoms with E-state index in [0.717, 1.165) is 21.9 Å². The summed E-state index contributed by atoms with van der Waals surface area (Å²) in [6.45, 7) is 13.8. The molecule has 1 fully saturated rings. The zero-order chi connectivity index (χ0) is 27.3. The molecule has 0 radical (unpaired) electrons. The Morgan fingerprint density at radius 1 is 1.14 bits per heavy atom. The maximum Gasteiger partial charge on any atom is 0.412 e. The van der Waals surface area contributed by atoms with Crippen LogP contribution < -0.4 is 10.1 Å². The van der Waals surface area contributed by atoms with Crippen molar-refractivity contribution in [2.24, 2.45) is 17.3 Å². The summed E-state index contributed by atoms with van der Waals surface area (Å²) < 4.78 is 10.8. The second kappa shape index (κ2) is 11.6. The molecule has 0 aliphatic heterocycles. The molecule has 2 aromatic rings. The van der Waals surface area contributed by atoms with Gasteiger partial charge in [0.2, 0.25) is 0 Å². The molecule has 2 aliphatic rings. The molecular formula is C31H37NO5. The summed E-state index contributed by atoms with van der Waals surface area (Å²) in [5.74, 6) is 0.607. The zero-order valence-electron chi connectivity index (χ0n) is 22.6. The van der Waals surface area contributed by atoms with E-state index in [4.69, 9.17) is 9.47 Å². The maximum absolute atomic E-state index is 12.5. The lowest BCUT2D eigenvalue weighted by molar-refractivity contribution is -0.150. The number of nitrogens with one attached hydrogen (secondary N) is 1. The molecule has 37 heavy (non-hydrogen) atoms. The molecule has 0 saturated heterocycles. The first-order valence-electron chi connectivity index (χ1n) is 12.6. The zero-order valence-corrected chi connectivity index (χ0v) is 22.6. The summed E-state index contributed by atoms with van der Waals surface area (Å²) in [6.07, 6.45) is 3.85. The van der Waals surface area contributed by atoms with Gasteiger partial charge in [0.15, 0.2) is 5.78 Å². The minimum Gasteiger partial charge on any atom is -0.457 e. The van der Waals surface area contributed by atoms with E-state index in [1.807, 2.05) is 57.2 Å². The topological polar surface area (TPSA) is 81.7 Å². The van der Waals surface area contributed by atoms with Crippen LogP contribution in [0.4, 0.5) is 4.79 Å². The number of hydrogen-bond acceptors (Lipinski definition) is 5. The molecule has 2 aromatic carbocycles. The number of Topliss-reactive ketones (excluding diaryl/α,β-unsaturated/α-hetero) is 1. The van der Waals surface area contributed by atoms with Gasteiger partial charge in [0.1, 0.15) is 11.9 Å². The fraction of sp³-hybridized carbons (Fsp3) is 0.387. The van der Waals surface area contributed by atoms with Crippen molar-refractivity contribution in [2.75, 3.05) is 7.05 Å². The third-order valence-electron chi connectivity index (χ3n) is 7.11.